The standard InChI is InChI=1S/C12H14N2O6/c1-7(2)13-11(15)6-20-8-3-4-10(14(18)19)9(5-8)12(16)17/h3-5,7H,6H2,1-2H3,(H,13,15)(H,16,17). The topological polar surface area (TPSA) is 119 Å². The maximum Gasteiger partial charge on any atom is 0.342 e. The van der Waals surface area contributed by atoms with E-state index >= 15 is 0 Å². The molecule has 0 saturated heterocycles. The van der Waals surface area contributed by atoms with E-state index in [1.165, 1.54) is 6.07 Å². The summed E-state index contributed by atoms with van der Waals surface area (Å²) in [4.78, 5) is 32.2. The Morgan fingerprint density at radius 2 is 2.10 bits per heavy atom. The zero-order chi connectivity index (χ0) is 15.3. The van der Waals surface area contributed by atoms with Crippen molar-refractivity contribution < 1.29 is 24.4 Å². The fourth-order valence-electron chi connectivity index (χ4n) is 1.45. The first-order valence-corrected chi connectivity index (χ1v) is 5.75. The van der Waals surface area contributed by atoms with Crippen LogP contribution < -0.4 is 10.1 Å². The lowest BCUT2D eigenvalue weighted by Crippen LogP contribution is -2.34. The van der Waals surface area contributed by atoms with Crippen LogP contribution in [0, 0.1) is 10.1 Å². The molecule has 1 rings (SSSR count). The number of nitro groups is 1. The van der Waals surface area contributed by atoms with Crippen molar-refractivity contribution in [3.63, 3.8) is 0 Å². The van der Waals surface area contributed by atoms with Crippen LogP contribution in [-0.2, 0) is 4.79 Å². The van der Waals surface area contributed by atoms with Gasteiger partial charge in [0.1, 0.15) is 11.3 Å². The van der Waals surface area contributed by atoms with Crippen molar-refractivity contribution >= 4 is 17.6 Å². The van der Waals surface area contributed by atoms with Crippen molar-refractivity contribution in [2.75, 3.05) is 6.61 Å². The monoisotopic (exact) mass is 282 g/mol. The summed E-state index contributed by atoms with van der Waals surface area (Å²) < 4.78 is 5.10. The van der Waals surface area contributed by atoms with E-state index in [0.29, 0.717) is 0 Å². The summed E-state index contributed by atoms with van der Waals surface area (Å²) in [5.74, 6) is -1.73. The molecule has 0 saturated carbocycles. The fourth-order valence-corrected chi connectivity index (χ4v) is 1.45. The molecule has 0 atom stereocenters. The Balaban J connectivity index is 2.83. The zero-order valence-electron chi connectivity index (χ0n) is 11.0. The van der Waals surface area contributed by atoms with Gasteiger partial charge in [-0.15, -0.1) is 0 Å². The van der Waals surface area contributed by atoms with Gasteiger partial charge in [0.25, 0.3) is 11.6 Å². The first kappa shape index (κ1) is 15.4. The molecule has 0 aliphatic heterocycles. The second-order valence-electron chi connectivity index (χ2n) is 4.25. The number of amides is 1. The van der Waals surface area contributed by atoms with Crippen LogP contribution in [0.3, 0.4) is 0 Å². The van der Waals surface area contributed by atoms with Gasteiger partial charge in [0.05, 0.1) is 4.92 Å². The molecule has 0 heterocycles. The van der Waals surface area contributed by atoms with Crippen LogP contribution in [0.1, 0.15) is 24.2 Å². The van der Waals surface area contributed by atoms with E-state index < -0.39 is 22.1 Å². The van der Waals surface area contributed by atoms with Gasteiger partial charge in [-0.2, -0.15) is 0 Å². The van der Waals surface area contributed by atoms with E-state index in [1.807, 2.05) is 0 Å². The van der Waals surface area contributed by atoms with Crippen LogP contribution in [-0.4, -0.2) is 34.6 Å². The molecular formula is C12H14N2O6. The number of ether oxygens (including phenoxy) is 1. The number of nitrogens with zero attached hydrogens (tertiary/aromatic N) is 1. The van der Waals surface area contributed by atoms with Crippen LogP contribution >= 0.6 is 0 Å². The van der Waals surface area contributed by atoms with E-state index in [4.69, 9.17) is 9.84 Å². The van der Waals surface area contributed by atoms with Crippen LogP contribution in [0.5, 0.6) is 5.75 Å². The number of hydrogen-bond donors (Lipinski definition) is 2. The van der Waals surface area contributed by atoms with Crippen molar-refractivity contribution in [3.05, 3.63) is 33.9 Å². The van der Waals surface area contributed by atoms with Gasteiger partial charge in [0, 0.05) is 18.2 Å². The third-order valence-electron chi connectivity index (χ3n) is 2.21. The summed E-state index contributed by atoms with van der Waals surface area (Å²) in [7, 11) is 0. The molecule has 8 nitrogen and oxygen atoms in total. The molecule has 0 bridgehead atoms. The molecule has 20 heavy (non-hydrogen) atoms. The van der Waals surface area contributed by atoms with Crippen molar-refractivity contribution in [1.82, 2.24) is 5.32 Å². The molecule has 8 heteroatoms. The first-order valence-electron chi connectivity index (χ1n) is 5.75. The highest BCUT2D eigenvalue weighted by Gasteiger charge is 2.20. The highest BCUT2D eigenvalue weighted by Crippen LogP contribution is 2.24. The summed E-state index contributed by atoms with van der Waals surface area (Å²) in [6.45, 7) is 3.27. The number of hydrogen-bond acceptors (Lipinski definition) is 5. The number of nitro benzene ring substituents is 1. The third kappa shape index (κ3) is 4.23. The van der Waals surface area contributed by atoms with Crippen LogP contribution in [0.15, 0.2) is 18.2 Å². The predicted molar refractivity (Wildman–Crippen MR) is 68.8 cm³/mol. The quantitative estimate of drug-likeness (QED) is 0.597. The van der Waals surface area contributed by atoms with Crippen LogP contribution in [0.4, 0.5) is 5.69 Å². The summed E-state index contributed by atoms with van der Waals surface area (Å²) in [6.07, 6.45) is 0. The number of rotatable bonds is 6. The number of aromatic carboxylic acids is 1. The molecular weight excluding hydrogens is 268 g/mol. The summed E-state index contributed by atoms with van der Waals surface area (Å²) in [6, 6.07) is 3.24. The van der Waals surface area contributed by atoms with E-state index in [-0.39, 0.29) is 24.3 Å². The Labute approximate surface area is 114 Å². The minimum atomic E-state index is -1.44. The highest BCUT2D eigenvalue weighted by molar-refractivity contribution is 5.92. The SMILES string of the molecule is CC(C)NC(=O)COc1ccc([N+](=O)[O-])c(C(=O)O)c1. The number of carbonyl (C=O) groups excluding carboxylic acids is 1. The lowest BCUT2D eigenvalue weighted by molar-refractivity contribution is -0.385. The number of nitrogens with one attached hydrogen (secondary N) is 1. The molecule has 0 aromatic heterocycles. The average molecular weight is 282 g/mol. The lowest BCUT2D eigenvalue weighted by atomic mass is 10.1. The largest absolute Gasteiger partial charge is 0.484 e. The maximum absolute atomic E-state index is 11.4. The van der Waals surface area contributed by atoms with Gasteiger partial charge in [-0.3, -0.25) is 14.9 Å². The van der Waals surface area contributed by atoms with E-state index in [1.54, 1.807) is 13.8 Å². The van der Waals surface area contributed by atoms with Crippen molar-refractivity contribution in [2.24, 2.45) is 0 Å². The highest BCUT2D eigenvalue weighted by atomic mass is 16.6. The Morgan fingerprint density at radius 1 is 1.45 bits per heavy atom. The van der Waals surface area contributed by atoms with E-state index in [9.17, 15) is 19.7 Å². The molecule has 1 aromatic carbocycles. The van der Waals surface area contributed by atoms with Crippen LogP contribution in [0.25, 0.3) is 0 Å². The van der Waals surface area contributed by atoms with Crippen molar-refractivity contribution in [2.45, 2.75) is 19.9 Å². The molecule has 0 radical (unpaired) electrons. The van der Waals surface area contributed by atoms with Gasteiger partial charge in [-0.1, -0.05) is 0 Å². The molecule has 0 unspecified atom stereocenters. The van der Waals surface area contributed by atoms with E-state index in [2.05, 4.69) is 5.32 Å². The second-order valence-corrected chi connectivity index (χ2v) is 4.25. The van der Waals surface area contributed by atoms with Gasteiger partial charge in [0.2, 0.25) is 0 Å². The predicted octanol–water partition coefficient (Wildman–Crippen LogP) is 1.20. The van der Waals surface area contributed by atoms with Crippen molar-refractivity contribution in [3.8, 4) is 5.75 Å². The zero-order valence-corrected chi connectivity index (χ0v) is 11.0. The maximum atomic E-state index is 11.4. The lowest BCUT2D eigenvalue weighted by Gasteiger charge is -2.10. The van der Waals surface area contributed by atoms with Gasteiger partial charge in [-0.25, -0.2) is 4.79 Å². The Hall–Kier alpha value is -2.64. The summed E-state index contributed by atoms with van der Waals surface area (Å²) in [5.41, 5.74) is -1.02. The number of carboxylic acid groups (broad SMARTS) is 1. The fraction of sp³-hybridized carbons (Fsp3) is 0.333. The molecule has 0 aliphatic carbocycles. The molecule has 0 aliphatic rings. The van der Waals surface area contributed by atoms with Gasteiger partial charge in [-0.05, 0) is 19.9 Å². The first-order chi connectivity index (χ1) is 9.31. The molecule has 1 amide bonds. The third-order valence-corrected chi connectivity index (χ3v) is 2.21. The Bertz CT molecular complexity index is 541. The number of benzene rings is 1. The number of carboxylic acids is 1. The van der Waals surface area contributed by atoms with Gasteiger partial charge < -0.3 is 15.2 Å². The molecule has 1 aromatic rings. The summed E-state index contributed by atoms with van der Waals surface area (Å²) >= 11 is 0. The molecule has 0 spiro atoms. The minimum absolute atomic E-state index is 0.0439. The van der Waals surface area contributed by atoms with Gasteiger partial charge >= 0.3 is 5.97 Å². The van der Waals surface area contributed by atoms with Crippen molar-refractivity contribution in [1.29, 1.82) is 0 Å². The van der Waals surface area contributed by atoms with Crippen LogP contribution in [0.2, 0.25) is 0 Å². The Kier molecular flexibility index (Phi) is 5.01. The molecule has 0 fully saturated rings. The normalized spacial score (nSPS) is 10.2. The Morgan fingerprint density at radius 3 is 2.60 bits per heavy atom. The number of carbonyl (C=O) groups is 2. The molecule has 2 N–H and O–H groups in total. The van der Waals surface area contributed by atoms with E-state index in [0.717, 1.165) is 12.1 Å². The average Bonchev–Trinajstić information content (AvgIpc) is 2.35. The minimum Gasteiger partial charge on any atom is -0.484 e. The second kappa shape index (κ2) is 6.50. The smallest absolute Gasteiger partial charge is 0.342 e. The van der Waals surface area contributed by atoms with Gasteiger partial charge in [0.15, 0.2) is 6.61 Å². The summed E-state index contributed by atoms with van der Waals surface area (Å²) in [5, 5.41) is 22.1. The molecule has 108 valence electrons.